The molecule has 3 saturated heterocycles. The van der Waals surface area contributed by atoms with Crippen LogP contribution < -0.4 is 0 Å². The normalized spacial score (nSPS) is 23.5. The van der Waals surface area contributed by atoms with Gasteiger partial charge in [0.1, 0.15) is 0 Å². The molecule has 2 atom stereocenters. The van der Waals surface area contributed by atoms with Crippen molar-refractivity contribution in [2.75, 3.05) is 32.7 Å². The number of hydrogen-bond acceptors (Lipinski definition) is 4. The van der Waals surface area contributed by atoms with Gasteiger partial charge in [0.15, 0.2) is 0 Å². The Morgan fingerprint density at radius 3 is 2.28 bits per heavy atom. The highest BCUT2D eigenvalue weighted by atomic mass is 35.5. The number of likely N-dealkylation sites (tertiary alicyclic amines) is 1. The minimum Gasteiger partial charge on any atom is -0.393 e. The maximum atomic E-state index is 13.0. The minimum absolute atomic E-state index is 0.0268. The number of piperidine rings is 2. The van der Waals surface area contributed by atoms with Crippen LogP contribution in [0.2, 0.25) is 5.02 Å². The summed E-state index contributed by atoms with van der Waals surface area (Å²) in [6.45, 7) is 2.20. The van der Waals surface area contributed by atoms with E-state index in [2.05, 4.69) is 5.01 Å². The third-order valence-corrected chi connectivity index (χ3v) is 8.60. The zero-order chi connectivity index (χ0) is 27.7. The highest BCUT2D eigenvalue weighted by molar-refractivity contribution is 6.34. The highest BCUT2D eigenvalue weighted by Crippen LogP contribution is 2.35. The van der Waals surface area contributed by atoms with Crippen molar-refractivity contribution in [1.29, 1.82) is 0 Å². The fraction of sp³-hybridized carbons (Fsp3) is 0.517. The van der Waals surface area contributed by atoms with E-state index in [0.29, 0.717) is 32.4 Å². The first kappa shape index (κ1) is 27.9. The summed E-state index contributed by atoms with van der Waals surface area (Å²) in [4.78, 5) is 26.5. The van der Waals surface area contributed by atoms with Crippen molar-refractivity contribution in [1.82, 2.24) is 14.9 Å². The Bertz CT molecular complexity index is 1200. The smallest absolute Gasteiger partial charge is 0.391 e. The Kier molecular flexibility index (Phi) is 8.21. The lowest BCUT2D eigenvalue weighted by molar-refractivity contribution is -0.183. The second-order valence-electron chi connectivity index (χ2n) is 10.9. The molecule has 39 heavy (non-hydrogen) atoms. The molecule has 2 amide bonds. The molecule has 0 aliphatic carbocycles. The van der Waals surface area contributed by atoms with Gasteiger partial charge in [0.2, 0.25) is 5.91 Å². The van der Waals surface area contributed by atoms with Gasteiger partial charge in [-0.2, -0.15) is 13.2 Å². The molecule has 6 nitrogen and oxygen atoms in total. The zero-order valence-electron chi connectivity index (χ0n) is 21.7. The van der Waals surface area contributed by atoms with Crippen LogP contribution in [-0.4, -0.2) is 76.8 Å². The summed E-state index contributed by atoms with van der Waals surface area (Å²) in [5, 5.41) is 14.8. The maximum absolute atomic E-state index is 13.0. The SMILES string of the molecule is O=C(c1ccc(-c2ccc(CC3CN(N4CCCC4=O)CCC3O)cc2)cc1Cl)N1CCC(C(F)(F)F)CC1. The number of aliphatic hydroxyl groups excluding tert-OH is 1. The number of rotatable bonds is 5. The predicted octanol–water partition coefficient (Wildman–Crippen LogP) is 5.18. The Labute approximate surface area is 231 Å². The largest absolute Gasteiger partial charge is 0.393 e. The van der Waals surface area contributed by atoms with Crippen LogP contribution in [0.1, 0.15) is 48.0 Å². The van der Waals surface area contributed by atoms with Crippen LogP contribution in [0.4, 0.5) is 13.2 Å². The van der Waals surface area contributed by atoms with E-state index in [9.17, 15) is 27.9 Å². The molecule has 0 aromatic heterocycles. The molecule has 0 bridgehead atoms. The molecule has 2 aromatic rings. The van der Waals surface area contributed by atoms with E-state index in [4.69, 9.17) is 11.6 Å². The number of hydrazine groups is 1. The average Bonchev–Trinajstić information content (AvgIpc) is 3.35. The van der Waals surface area contributed by atoms with Crippen LogP contribution in [0.3, 0.4) is 0 Å². The van der Waals surface area contributed by atoms with Crippen molar-refractivity contribution in [3.8, 4) is 11.1 Å². The Balaban J connectivity index is 1.21. The fourth-order valence-corrected chi connectivity index (χ4v) is 6.20. The first-order valence-corrected chi connectivity index (χ1v) is 14.0. The van der Waals surface area contributed by atoms with Crippen LogP contribution in [0, 0.1) is 11.8 Å². The van der Waals surface area contributed by atoms with Crippen LogP contribution in [-0.2, 0) is 11.2 Å². The third kappa shape index (κ3) is 6.26. The van der Waals surface area contributed by atoms with Gasteiger partial charge in [-0.15, -0.1) is 0 Å². The predicted molar refractivity (Wildman–Crippen MR) is 142 cm³/mol. The number of hydrogen-bond donors (Lipinski definition) is 1. The van der Waals surface area contributed by atoms with Gasteiger partial charge in [0.05, 0.1) is 22.6 Å². The summed E-state index contributed by atoms with van der Waals surface area (Å²) in [5.41, 5.74) is 3.11. The van der Waals surface area contributed by atoms with Gasteiger partial charge in [-0.05, 0) is 60.9 Å². The molecule has 3 aliphatic heterocycles. The molecule has 5 rings (SSSR count). The Morgan fingerprint density at radius 1 is 0.974 bits per heavy atom. The molecule has 3 fully saturated rings. The summed E-state index contributed by atoms with van der Waals surface area (Å²) in [6.07, 6.45) is -2.03. The van der Waals surface area contributed by atoms with Crippen molar-refractivity contribution in [2.24, 2.45) is 11.8 Å². The number of amides is 2. The van der Waals surface area contributed by atoms with Crippen molar-refractivity contribution in [2.45, 2.75) is 50.8 Å². The standard InChI is InChI=1S/C29H33ClF3N3O3/c30-25-17-21(7-8-24(25)28(39)34-13-9-23(10-14-34)29(31,32)33)20-5-3-19(4-6-20)16-22-18-35(15-11-26(22)37)36-12-1-2-27(36)38/h3-8,17,22-23,26,37H,1-2,9-16,18H2. The summed E-state index contributed by atoms with van der Waals surface area (Å²) in [6, 6.07) is 13.1. The van der Waals surface area contributed by atoms with Crippen LogP contribution in [0.5, 0.6) is 0 Å². The first-order valence-electron chi connectivity index (χ1n) is 13.6. The molecule has 3 aliphatic rings. The maximum Gasteiger partial charge on any atom is 0.391 e. The molecule has 2 aromatic carbocycles. The molecule has 0 saturated carbocycles. The number of alkyl halides is 3. The lowest BCUT2D eigenvalue weighted by Crippen LogP contribution is -2.52. The van der Waals surface area contributed by atoms with Gasteiger partial charge in [-0.3, -0.25) is 14.6 Å². The Hall–Kier alpha value is -2.62. The zero-order valence-corrected chi connectivity index (χ0v) is 22.4. The topological polar surface area (TPSA) is 64.1 Å². The van der Waals surface area contributed by atoms with Crippen molar-refractivity contribution < 1.29 is 27.9 Å². The first-order chi connectivity index (χ1) is 18.6. The summed E-state index contributed by atoms with van der Waals surface area (Å²) >= 11 is 6.46. The number of carbonyl (C=O) groups excluding carboxylic acids is 2. The molecule has 1 N–H and O–H groups in total. The minimum atomic E-state index is -4.23. The molecular formula is C29H33ClF3N3O3. The van der Waals surface area contributed by atoms with Crippen LogP contribution >= 0.6 is 11.6 Å². The lowest BCUT2D eigenvalue weighted by Gasteiger charge is -2.40. The number of carbonyl (C=O) groups is 2. The van der Waals surface area contributed by atoms with Gasteiger partial charge in [0.25, 0.3) is 5.91 Å². The third-order valence-electron chi connectivity index (χ3n) is 8.29. The molecule has 0 radical (unpaired) electrons. The van der Waals surface area contributed by atoms with E-state index < -0.39 is 18.2 Å². The Morgan fingerprint density at radius 2 is 1.67 bits per heavy atom. The van der Waals surface area contributed by atoms with Crippen LogP contribution in [0.25, 0.3) is 11.1 Å². The number of nitrogens with zero attached hydrogens (tertiary/aromatic N) is 3. The van der Waals surface area contributed by atoms with Crippen molar-refractivity contribution >= 4 is 23.4 Å². The van der Waals surface area contributed by atoms with Gasteiger partial charge >= 0.3 is 6.18 Å². The van der Waals surface area contributed by atoms with E-state index in [1.807, 2.05) is 29.3 Å². The number of aliphatic hydroxyl groups is 1. The fourth-order valence-electron chi connectivity index (χ4n) is 5.94. The molecular weight excluding hydrogens is 531 g/mol. The van der Waals surface area contributed by atoms with E-state index in [1.54, 1.807) is 18.2 Å². The second kappa shape index (κ2) is 11.5. The van der Waals surface area contributed by atoms with Crippen LogP contribution in [0.15, 0.2) is 42.5 Å². The second-order valence-corrected chi connectivity index (χ2v) is 11.3. The van der Waals surface area contributed by atoms with E-state index in [-0.39, 0.29) is 54.2 Å². The lowest BCUT2D eigenvalue weighted by atomic mass is 9.88. The molecule has 210 valence electrons. The van der Waals surface area contributed by atoms with E-state index >= 15 is 0 Å². The summed E-state index contributed by atoms with van der Waals surface area (Å²) in [7, 11) is 0. The number of benzene rings is 2. The van der Waals surface area contributed by atoms with Gasteiger partial charge < -0.3 is 10.0 Å². The van der Waals surface area contributed by atoms with E-state index in [0.717, 1.165) is 29.7 Å². The molecule has 0 spiro atoms. The van der Waals surface area contributed by atoms with E-state index in [1.165, 1.54) is 4.90 Å². The summed E-state index contributed by atoms with van der Waals surface area (Å²) < 4.78 is 38.9. The molecule has 10 heteroatoms. The number of halogens is 4. The average molecular weight is 564 g/mol. The highest BCUT2D eigenvalue weighted by Gasteiger charge is 2.42. The van der Waals surface area contributed by atoms with Crippen molar-refractivity contribution in [3.63, 3.8) is 0 Å². The monoisotopic (exact) mass is 563 g/mol. The van der Waals surface area contributed by atoms with Gasteiger partial charge in [-0.1, -0.05) is 41.9 Å². The van der Waals surface area contributed by atoms with Gasteiger partial charge in [0, 0.05) is 45.1 Å². The van der Waals surface area contributed by atoms with Gasteiger partial charge in [-0.25, -0.2) is 5.01 Å². The molecule has 3 heterocycles. The summed E-state index contributed by atoms with van der Waals surface area (Å²) in [5.74, 6) is -1.53. The quantitative estimate of drug-likeness (QED) is 0.544. The van der Waals surface area contributed by atoms with Crippen molar-refractivity contribution in [3.05, 3.63) is 58.6 Å². The molecule has 2 unspecified atom stereocenters.